The molecular formula is C18H20N2O. The van der Waals surface area contributed by atoms with E-state index in [1.54, 1.807) is 7.11 Å². The first kappa shape index (κ1) is 12.7. The van der Waals surface area contributed by atoms with Gasteiger partial charge in [0.05, 0.1) is 7.11 Å². The molecule has 4 rings (SSSR count). The van der Waals surface area contributed by atoms with Crippen LogP contribution in [-0.4, -0.2) is 18.6 Å². The number of ether oxygens (including phenoxy) is 1. The van der Waals surface area contributed by atoms with Crippen LogP contribution >= 0.6 is 0 Å². The lowest BCUT2D eigenvalue weighted by atomic mass is 9.89. The van der Waals surface area contributed by atoms with E-state index in [1.165, 1.54) is 44.1 Å². The average Bonchev–Trinajstić information content (AvgIpc) is 2.91. The molecular weight excluding hydrogens is 260 g/mol. The van der Waals surface area contributed by atoms with Gasteiger partial charge in [-0.15, -0.1) is 0 Å². The standard InChI is InChI=1S/C18H20N2O/c1-10-15-9-19-7-6-13(15)11(2)18-17(10)14-8-12(21-3)4-5-16(14)20-18/h4-5,8,19-20H,6-7,9H2,1-3H3. The quantitative estimate of drug-likeness (QED) is 0.714. The van der Waals surface area contributed by atoms with Gasteiger partial charge in [-0.2, -0.15) is 0 Å². The summed E-state index contributed by atoms with van der Waals surface area (Å²) in [6, 6.07) is 6.28. The van der Waals surface area contributed by atoms with Crippen LogP contribution in [0.25, 0.3) is 21.8 Å². The van der Waals surface area contributed by atoms with Gasteiger partial charge in [-0.1, -0.05) is 0 Å². The van der Waals surface area contributed by atoms with E-state index in [2.05, 4.69) is 36.3 Å². The van der Waals surface area contributed by atoms with Crippen molar-refractivity contribution >= 4 is 21.8 Å². The minimum absolute atomic E-state index is 0.913. The third-order valence-corrected chi connectivity index (χ3v) is 4.88. The fourth-order valence-corrected chi connectivity index (χ4v) is 3.73. The first-order valence-corrected chi connectivity index (χ1v) is 7.51. The van der Waals surface area contributed by atoms with Crippen molar-refractivity contribution in [3.05, 3.63) is 40.5 Å². The molecule has 1 aliphatic heterocycles. The molecule has 2 heterocycles. The fraction of sp³-hybridized carbons (Fsp3) is 0.333. The molecule has 0 aliphatic carbocycles. The summed E-state index contributed by atoms with van der Waals surface area (Å²) in [6.45, 7) is 6.56. The molecule has 0 bridgehead atoms. The van der Waals surface area contributed by atoms with Crippen molar-refractivity contribution in [1.29, 1.82) is 0 Å². The summed E-state index contributed by atoms with van der Waals surface area (Å²) in [5.41, 5.74) is 8.29. The van der Waals surface area contributed by atoms with E-state index in [-0.39, 0.29) is 0 Å². The van der Waals surface area contributed by atoms with Crippen molar-refractivity contribution in [3.63, 3.8) is 0 Å². The van der Waals surface area contributed by atoms with Gasteiger partial charge in [0.15, 0.2) is 0 Å². The number of aryl methyl sites for hydroxylation is 2. The second kappa shape index (κ2) is 4.50. The van der Waals surface area contributed by atoms with Crippen LogP contribution in [0.5, 0.6) is 5.75 Å². The Morgan fingerprint density at radius 1 is 1.10 bits per heavy atom. The van der Waals surface area contributed by atoms with Crippen molar-refractivity contribution in [3.8, 4) is 5.75 Å². The maximum atomic E-state index is 5.40. The molecule has 0 amide bonds. The van der Waals surface area contributed by atoms with Gasteiger partial charge in [0.1, 0.15) is 5.75 Å². The molecule has 2 aromatic carbocycles. The first-order valence-electron chi connectivity index (χ1n) is 7.51. The van der Waals surface area contributed by atoms with Crippen molar-refractivity contribution in [2.45, 2.75) is 26.8 Å². The molecule has 2 N–H and O–H groups in total. The number of rotatable bonds is 1. The van der Waals surface area contributed by atoms with Gasteiger partial charge in [-0.25, -0.2) is 0 Å². The average molecular weight is 280 g/mol. The van der Waals surface area contributed by atoms with Crippen LogP contribution < -0.4 is 10.1 Å². The Kier molecular flexibility index (Phi) is 2.73. The Bertz CT molecular complexity index is 861. The van der Waals surface area contributed by atoms with Gasteiger partial charge in [0, 0.05) is 28.4 Å². The largest absolute Gasteiger partial charge is 0.497 e. The zero-order valence-electron chi connectivity index (χ0n) is 12.8. The molecule has 0 saturated heterocycles. The number of fused-ring (bicyclic) bond motifs is 4. The van der Waals surface area contributed by atoms with Gasteiger partial charge in [0.2, 0.25) is 0 Å². The summed E-state index contributed by atoms with van der Waals surface area (Å²) in [5, 5.41) is 6.11. The number of methoxy groups -OCH3 is 1. The number of hydrogen-bond donors (Lipinski definition) is 2. The number of aromatic nitrogens is 1. The lowest BCUT2D eigenvalue weighted by Gasteiger charge is -2.22. The zero-order valence-corrected chi connectivity index (χ0v) is 12.8. The molecule has 21 heavy (non-hydrogen) atoms. The molecule has 3 nitrogen and oxygen atoms in total. The second-order valence-corrected chi connectivity index (χ2v) is 5.92. The molecule has 108 valence electrons. The Labute approximate surface area is 124 Å². The SMILES string of the molecule is COc1ccc2[nH]c3c(C)c4c(c(C)c3c2c1)CNCC4. The number of aromatic amines is 1. The van der Waals surface area contributed by atoms with E-state index in [9.17, 15) is 0 Å². The molecule has 0 saturated carbocycles. The molecule has 3 aromatic rings. The van der Waals surface area contributed by atoms with Crippen molar-refractivity contribution in [1.82, 2.24) is 10.3 Å². The molecule has 0 atom stereocenters. The molecule has 1 aliphatic rings. The molecule has 3 heteroatoms. The van der Waals surface area contributed by atoms with Crippen molar-refractivity contribution < 1.29 is 4.74 Å². The Morgan fingerprint density at radius 2 is 1.95 bits per heavy atom. The molecule has 1 aromatic heterocycles. The smallest absolute Gasteiger partial charge is 0.119 e. The third kappa shape index (κ3) is 1.70. The van der Waals surface area contributed by atoms with Gasteiger partial charge in [0.25, 0.3) is 0 Å². The number of H-pyrrole nitrogens is 1. The zero-order chi connectivity index (χ0) is 14.6. The van der Waals surface area contributed by atoms with Gasteiger partial charge < -0.3 is 15.0 Å². The first-order chi connectivity index (χ1) is 10.2. The van der Waals surface area contributed by atoms with Crippen LogP contribution in [-0.2, 0) is 13.0 Å². The predicted molar refractivity (Wildman–Crippen MR) is 87.2 cm³/mol. The van der Waals surface area contributed by atoms with Crippen LogP contribution in [0.15, 0.2) is 18.2 Å². The molecule has 0 unspecified atom stereocenters. The summed E-state index contributed by atoms with van der Waals surface area (Å²) < 4.78 is 5.40. The number of benzene rings is 2. The maximum Gasteiger partial charge on any atom is 0.119 e. The Hall–Kier alpha value is -2.00. The third-order valence-electron chi connectivity index (χ3n) is 4.88. The van der Waals surface area contributed by atoms with Crippen molar-refractivity contribution in [2.75, 3.05) is 13.7 Å². The summed E-state index contributed by atoms with van der Waals surface area (Å²) >= 11 is 0. The Balaban J connectivity index is 2.17. The minimum Gasteiger partial charge on any atom is -0.497 e. The lowest BCUT2D eigenvalue weighted by molar-refractivity contribution is 0.415. The van der Waals surface area contributed by atoms with Gasteiger partial charge >= 0.3 is 0 Å². The second-order valence-electron chi connectivity index (χ2n) is 5.92. The molecule has 0 spiro atoms. The minimum atomic E-state index is 0.913. The van der Waals surface area contributed by atoms with Crippen LogP contribution in [0.3, 0.4) is 0 Å². The summed E-state index contributed by atoms with van der Waals surface area (Å²) in [6.07, 6.45) is 1.12. The highest BCUT2D eigenvalue weighted by atomic mass is 16.5. The van der Waals surface area contributed by atoms with E-state index in [1.807, 2.05) is 6.07 Å². The van der Waals surface area contributed by atoms with Crippen LogP contribution in [0.2, 0.25) is 0 Å². The normalized spacial score (nSPS) is 14.6. The fourth-order valence-electron chi connectivity index (χ4n) is 3.73. The van der Waals surface area contributed by atoms with Crippen LogP contribution in [0.4, 0.5) is 0 Å². The highest BCUT2D eigenvalue weighted by molar-refractivity contribution is 6.11. The molecule has 0 radical (unpaired) electrons. The monoisotopic (exact) mass is 280 g/mol. The highest BCUT2D eigenvalue weighted by Crippen LogP contribution is 2.37. The number of hydrogen-bond acceptors (Lipinski definition) is 2. The van der Waals surface area contributed by atoms with E-state index < -0.39 is 0 Å². The van der Waals surface area contributed by atoms with Crippen LogP contribution in [0, 0.1) is 13.8 Å². The number of nitrogens with one attached hydrogen (secondary N) is 2. The van der Waals surface area contributed by atoms with Crippen LogP contribution in [0.1, 0.15) is 22.3 Å². The summed E-state index contributed by atoms with van der Waals surface area (Å²) in [4.78, 5) is 3.61. The van der Waals surface area contributed by atoms with Gasteiger partial charge in [-0.3, -0.25) is 0 Å². The topological polar surface area (TPSA) is 37.0 Å². The van der Waals surface area contributed by atoms with Gasteiger partial charge in [-0.05, 0) is 67.3 Å². The van der Waals surface area contributed by atoms with Crippen molar-refractivity contribution in [2.24, 2.45) is 0 Å². The summed E-state index contributed by atoms with van der Waals surface area (Å²) in [5.74, 6) is 0.913. The molecule has 0 fully saturated rings. The summed E-state index contributed by atoms with van der Waals surface area (Å²) in [7, 11) is 1.72. The predicted octanol–water partition coefficient (Wildman–Crippen LogP) is 3.59. The highest BCUT2D eigenvalue weighted by Gasteiger charge is 2.20. The van der Waals surface area contributed by atoms with E-state index in [4.69, 9.17) is 4.74 Å². The Morgan fingerprint density at radius 3 is 2.76 bits per heavy atom. The van der Waals surface area contributed by atoms with E-state index in [0.717, 1.165) is 25.3 Å². The van der Waals surface area contributed by atoms with E-state index in [0.29, 0.717) is 0 Å². The maximum absolute atomic E-state index is 5.40. The van der Waals surface area contributed by atoms with E-state index >= 15 is 0 Å². The lowest BCUT2D eigenvalue weighted by Crippen LogP contribution is -2.25.